The summed E-state index contributed by atoms with van der Waals surface area (Å²) in [5.74, 6) is -3.04. The van der Waals surface area contributed by atoms with E-state index in [0.29, 0.717) is 46.0 Å². The smallest absolute Gasteiger partial charge is 0.232 e. The highest BCUT2D eigenvalue weighted by Crippen LogP contribution is 2.34. The predicted octanol–water partition coefficient (Wildman–Crippen LogP) is 5.94. The zero-order chi connectivity index (χ0) is 26.0. The van der Waals surface area contributed by atoms with Crippen LogP contribution in [0.15, 0.2) is 48.8 Å². The van der Waals surface area contributed by atoms with Crippen molar-refractivity contribution in [1.82, 2.24) is 9.97 Å². The lowest BCUT2D eigenvalue weighted by molar-refractivity contribution is 0.103. The predicted molar refractivity (Wildman–Crippen MR) is 135 cm³/mol. The summed E-state index contributed by atoms with van der Waals surface area (Å²) < 4.78 is 61.6. The number of rotatable bonds is 9. The Hall–Kier alpha value is -3.50. The number of hydrogen-bond donors (Lipinski definition) is 2. The van der Waals surface area contributed by atoms with E-state index in [1.165, 1.54) is 6.20 Å². The van der Waals surface area contributed by atoms with Gasteiger partial charge in [-0.25, -0.2) is 22.2 Å². The van der Waals surface area contributed by atoms with Gasteiger partial charge in [-0.3, -0.25) is 9.52 Å². The number of carbonyl (C=O) groups is 1. The van der Waals surface area contributed by atoms with Crippen LogP contribution < -0.4 is 9.46 Å². The van der Waals surface area contributed by atoms with Crippen molar-refractivity contribution in [3.8, 4) is 16.9 Å². The van der Waals surface area contributed by atoms with Crippen LogP contribution in [0.5, 0.6) is 5.75 Å². The van der Waals surface area contributed by atoms with Crippen molar-refractivity contribution in [1.29, 1.82) is 0 Å². The van der Waals surface area contributed by atoms with E-state index in [0.717, 1.165) is 12.1 Å². The number of ketones is 1. The maximum atomic E-state index is 15.2. The normalized spacial score (nSPS) is 11.6. The van der Waals surface area contributed by atoms with Gasteiger partial charge in [0.25, 0.3) is 0 Å². The molecule has 2 aromatic heterocycles. The summed E-state index contributed by atoms with van der Waals surface area (Å²) >= 11 is 6.42. The zero-order valence-corrected chi connectivity index (χ0v) is 20.9. The molecule has 0 saturated heterocycles. The molecular formula is C25H22ClF2N3O4S. The number of H-pyrrole nitrogens is 1. The molecule has 4 aromatic rings. The first-order valence-corrected chi connectivity index (χ1v) is 13.1. The fourth-order valence-corrected chi connectivity index (χ4v) is 5.20. The fourth-order valence-electron chi connectivity index (χ4n) is 3.79. The molecule has 188 valence electrons. The number of carbonyl (C=O) groups excluding carboxylic acids is 1. The molecule has 0 aliphatic carbocycles. The minimum Gasteiger partial charge on any atom is -0.494 e. The number of pyridine rings is 1. The second-order valence-corrected chi connectivity index (χ2v) is 10.2. The lowest BCUT2D eigenvalue weighted by atomic mass is 9.99. The Bertz CT molecular complexity index is 1570. The van der Waals surface area contributed by atoms with Gasteiger partial charge in [-0.1, -0.05) is 18.5 Å². The zero-order valence-electron chi connectivity index (χ0n) is 19.4. The first-order chi connectivity index (χ1) is 17.1. The molecule has 0 aliphatic heterocycles. The minimum absolute atomic E-state index is 0.0345. The van der Waals surface area contributed by atoms with Crippen molar-refractivity contribution < 1.29 is 26.7 Å². The lowest BCUT2D eigenvalue weighted by Gasteiger charge is -2.11. The third-order valence-corrected chi connectivity index (χ3v) is 7.18. The topological polar surface area (TPSA) is 101 Å². The molecule has 0 bridgehead atoms. The number of hydrogen-bond acceptors (Lipinski definition) is 5. The summed E-state index contributed by atoms with van der Waals surface area (Å²) in [4.78, 5) is 20.4. The van der Waals surface area contributed by atoms with Gasteiger partial charge in [-0.2, -0.15) is 0 Å². The van der Waals surface area contributed by atoms with E-state index in [1.807, 2.05) is 6.92 Å². The summed E-state index contributed by atoms with van der Waals surface area (Å²) in [6.45, 7) is 3.98. The minimum atomic E-state index is -3.86. The van der Waals surface area contributed by atoms with Crippen LogP contribution in [0.25, 0.3) is 22.2 Å². The van der Waals surface area contributed by atoms with E-state index in [-0.39, 0.29) is 11.3 Å². The molecule has 2 heterocycles. The van der Waals surface area contributed by atoms with Crippen LogP contribution in [0.3, 0.4) is 0 Å². The number of sulfonamides is 1. The Morgan fingerprint density at radius 3 is 2.64 bits per heavy atom. The number of benzene rings is 2. The Morgan fingerprint density at radius 1 is 1.17 bits per heavy atom. The molecule has 0 atom stereocenters. The summed E-state index contributed by atoms with van der Waals surface area (Å²) in [5.41, 5.74) is 0.104. The van der Waals surface area contributed by atoms with Crippen molar-refractivity contribution in [2.24, 2.45) is 0 Å². The number of halogens is 3. The van der Waals surface area contributed by atoms with Crippen molar-refractivity contribution >= 4 is 44.1 Å². The molecule has 36 heavy (non-hydrogen) atoms. The molecule has 0 unspecified atom stereocenters. The van der Waals surface area contributed by atoms with Crippen molar-refractivity contribution in [2.45, 2.75) is 20.3 Å². The van der Waals surface area contributed by atoms with E-state index in [2.05, 4.69) is 14.7 Å². The van der Waals surface area contributed by atoms with E-state index in [1.54, 1.807) is 37.4 Å². The van der Waals surface area contributed by atoms with Crippen LogP contribution in [0, 0.1) is 11.6 Å². The largest absolute Gasteiger partial charge is 0.494 e. The average Bonchev–Trinajstić information content (AvgIpc) is 3.24. The van der Waals surface area contributed by atoms with Crippen LogP contribution in [-0.2, 0) is 10.0 Å². The summed E-state index contributed by atoms with van der Waals surface area (Å²) in [6, 6.07) is 8.57. The molecule has 2 N–H and O–H groups in total. The molecule has 0 saturated carbocycles. The molecule has 4 rings (SSSR count). The molecule has 0 radical (unpaired) electrons. The van der Waals surface area contributed by atoms with E-state index in [9.17, 15) is 17.6 Å². The van der Waals surface area contributed by atoms with Gasteiger partial charge in [0, 0.05) is 34.5 Å². The maximum absolute atomic E-state index is 15.2. The van der Waals surface area contributed by atoms with Crippen molar-refractivity contribution in [3.05, 3.63) is 76.6 Å². The van der Waals surface area contributed by atoms with Crippen molar-refractivity contribution in [3.63, 3.8) is 0 Å². The van der Waals surface area contributed by atoms with Crippen LogP contribution in [-0.4, -0.2) is 36.5 Å². The molecule has 0 aliphatic rings. The van der Waals surface area contributed by atoms with E-state index in [4.69, 9.17) is 16.3 Å². The number of fused-ring (bicyclic) bond motifs is 1. The quantitative estimate of drug-likeness (QED) is 0.259. The highest BCUT2D eigenvalue weighted by molar-refractivity contribution is 7.92. The molecular weight excluding hydrogens is 512 g/mol. The molecule has 11 heteroatoms. The van der Waals surface area contributed by atoms with Gasteiger partial charge in [-0.05, 0) is 49.7 Å². The number of nitrogens with one attached hydrogen (secondary N) is 2. The van der Waals surface area contributed by atoms with Gasteiger partial charge in [0.2, 0.25) is 15.8 Å². The van der Waals surface area contributed by atoms with Gasteiger partial charge < -0.3 is 9.72 Å². The Kier molecular flexibility index (Phi) is 7.28. The fraction of sp³-hybridized carbons (Fsp3) is 0.200. The highest BCUT2D eigenvalue weighted by Gasteiger charge is 2.26. The first-order valence-electron chi connectivity index (χ1n) is 11.1. The highest BCUT2D eigenvalue weighted by atomic mass is 35.5. The number of ether oxygens (including phenoxy) is 1. The Labute approximate surface area is 211 Å². The number of anilines is 1. The van der Waals surface area contributed by atoms with E-state index >= 15 is 4.39 Å². The monoisotopic (exact) mass is 533 g/mol. The molecule has 0 spiro atoms. The number of aromatic nitrogens is 2. The summed E-state index contributed by atoms with van der Waals surface area (Å²) in [7, 11) is -3.86. The second kappa shape index (κ2) is 10.2. The Morgan fingerprint density at radius 2 is 1.94 bits per heavy atom. The van der Waals surface area contributed by atoms with Gasteiger partial charge in [-0.15, -0.1) is 0 Å². The van der Waals surface area contributed by atoms with Crippen LogP contribution >= 0.6 is 11.6 Å². The van der Waals surface area contributed by atoms with Crippen LogP contribution in [0.2, 0.25) is 5.02 Å². The molecule has 7 nitrogen and oxygen atoms in total. The van der Waals surface area contributed by atoms with Gasteiger partial charge >= 0.3 is 0 Å². The third-order valence-electron chi connectivity index (χ3n) is 5.39. The number of aromatic amines is 1. The first kappa shape index (κ1) is 25.6. The van der Waals surface area contributed by atoms with Crippen molar-refractivity contribution in [2.75, 3.05) is 17.1 Å². The van der Waals surface area contributed by atoms with Gasteiger partial charge in [0.15, 0.2) is 5.82 Å². The van der Waals surface area contributed by atoms with Crippen LogP contribution in [0.4, 0.5) is 14.5 Å². The van der Waals surface area contributed by atoms with E-state index < -0.39 is 38.7 Å². The summed E-state index contributed by atoms with van der Waals surface area (Å²) in [5, 5.41) is 0.716. The van der Waals surface area contributed by atoms with Gasteiger partial charge in [0.05, 0.1) is 28.6 Å². The molecule has 0 fully saturated rings. The average molecular weight is 534 g/mol. The SMILES string of the molecule is CCCS(=O)(=O)Nc1ccc(F)c(C(=O)c2c[nH]c3ncc(-c4ccc(OCC)cc4Cl)cc23)c1F. The lowest BCUT2D eigenvalue weighted by Crippen LogP contribution is -2.18. The molecule has 0 amide bonds. The van der Waals surface area contributed by atoms with Crippen LogP contribution in [0.1, 0.15) is 36.2 Å². The number of nitrogens with zero attached hydrogens (tertiary/aromatic N) is 1. The second-order valence-electron chi connectivity index (χ2n) is 7.93. The van der Waals surface area contributed by atoms with Gasteiger partial charge in [0.1, 0.15) is 17.2 Å². The Balaban J connectivity index is 1.76. The molecule has 2 aromatic carbocycles. The third kappa shape index (κ3) is 5.05. The summed E-state index contributed by atoms with van der Waals surface area (Å²) in [6.07, 6.45) is 3.16. The maximum Gasteiger partial charge on any atom is 0.232 e. The standard InChI is InChI=1S/C25H22ClF2N3O4S/c1-3-9-36(33,34)31-21-8-7-20(27)22(23(21)28)24(32)18-13-30-25-17(18)10-14(12-29-25)16-6-5-15(35-4-2)11-19(16)26/h5-8,10-13,31H,3-4,9H2,1-2H3,(H,29,30).